The Balaban J connectivity index is 1.86. The van der Waals surface area contributed by atoms with Crippen molar-refractivity contribution in [2.75, 3.05) is 26.3 Å². The van der Waals surface area contributed by atoms with E-state index < -0.39 is 11.6 Å². The zero-order chi connectivity index (χ0) is 14.2. The Morgan fingerprint density at radius 2 is 1.95 bits per heavy atom. The topological polar surface area (TPSA) is 55.8 Å². The predicted molar refractivity (Wildman–Crippen MR) is 71.4 cm³/mol. The van der Waals surface area contributed by atoms with Crippen LogP contribution in [0, 0.1) is 0 Å². The van der Waals surface area contributed by atoms with Gasteiger partial charge in [0.05, 0.1) is 18.8 Å². The summed E-state index contributed by atoms with van der Waals surface area (Å²) in [6.07, 6.45) is 0.422. The van der Waals surface area contributed by atoms with Gasteiger partial charge in [-0.15, -0.1) is 0 Å². The molecule has 2 aliphatic heterocycles. The second-order valence-electron chi connectivity index (χ2n) is 5.36. The highest BCUT2D eigenvalue weighted by Crippen LogP contribution is 2.29. The SMILES string of the molecule is CC1(C(=O)N2CCOCC2)Cc2ccccc2C(=O)O1. The van der Waals surface area contributed by atoms with Crippen molar-refractivity contribution in [3.05, 3.63) is 35.4 Å². The van der Waals surface area contributed by atoms with Gasteiger partial charge >= 0.3 is 5.97 Å². The fraction of sp³-hybridized carbons (Fsp3) is 0.467. The minimum atomic E-state index is -1.11. The first-order valence-corrected chi connectivity index (χ1v) is 6.78. The number of morpholine rings is 1. The first-order valence-electron chi connectivity index (χ1n) is 6.78. The van der Waals surface area contributed by atoms with Crippen LogP contribution in [0.15, 0.2) is 24.3 Å². The highest BCUT2D eigenvalue weighted by molar-refractivity contribution is 5.97. The van der Waals surface area contributed by atoms with E-state index in [9.17, 15) is 9.59 Å². The van der Waals surface area contributed by atoms with E-state index in [0.717, 1.165) is 5.56 Å². The van der Waals surface area contributed by atoms with E-state index >= 15 is 0 Å². The van der Waals surface area contributed by atoms with E-state index in [4.69, 9.17) is 9.47 Å². The van der Waals surface area contributed by atoms with E-state index in [1.165, 1.54) is 0 Å². The lowest BCUT2D eigenvalue weighted by Gasteiger charge is -2.38. The number of carbonyl (C=O) groups excluding carboxylic acids is 2. The summed E-state index contributed by atoms with van der Waals surface area (Å²) in [7, 11) is 0. The van der Waals surface area contributed by atoms with Crippen molar-refractivity contribution in [1.82, 2.24) is 4.90 Å². The van der Waals surface area contributed by atoms with E-state index in [1.54, 1.807) is 24.0 Å². The van der Waals surface area contributed by atoms with Crippen molar-refractivity contribution in [2.45, 2.75) is 18.9 Å². The number of esters is 1. The predicted octanol–water partition coefficient (Wildman–Crippen LogP) is 1.02. The molecule has 20 heavy (non-hydrogen) atoms. The van der Waals surface area contributed by atoms with Gasteiger partial charge in [-0.1, -0.05) is 18.2 Å². The third-order valence-electron chi connectivity index (χ3n) is 3.83. The summed E-state index contributed by atoms with van der Waals surface area (Å²) in [5.74, 6) is -0.556. The van der Waals surface area contributed by atoms with E-state index in [1.807, 2.05) is 12.1 Å². The number of nitrogens with zero attached hydrogens (tertiary/aromatic N) is 1. The average Bonchev–Trinajstić information content (AvgIpc) is 2.47. The Bertz CT molecular complexity index is 551. The van der Waals surface area contributed by atoms with Crippen LogP contribution in [-0.4, -0.2) is 48.7 Å². The van der Waals surface area contributed by atoms with Gasteiger partial charge in [0, 0.05) is 19.5 Å². The van der Waals surface area contributed by atoms with Gasteiger partial charge in [-0.3, -0.25) is 4.79 Å². The second kappa shape index (κ2) is 4.90. The molecular formula is C15H17NO4. The van der Waals surface area contributed by atoms with Crippen molar-refractivity contribution in [3.63, 3.8) is 0 Å². The molecule has 2 aliphatic rings. The first kappa shape index (κ1) is 13.1. The first-order chi connectivity index (χ1) is 9.60. The number of rotatable bonds is 1. The summed E-state index contributed by atoms with van der Waals surface area (Å²) in [6.45, 7) is 3.86. The lowest BCUT2D eigenvalue weighted by molar-refractivity contribution is -0.155. The van der Waals surface area contributed by atoms with Gasteiger partial charge in [0.2, 0.25) is 0 Å². The average molecular weight is 275 g/mol. The smallest absolute Gasteiger partial charge is 0.339 e. The van der Waals surface area contributed by atoms with Crippen LogP contribution in [0.5, 0.6) is 0 Å². The lowest BCUT2D eigenvalue weighted by Crippen LogP contribution is -2.55. The van der Waals surface area contributed by atoms with Crippen molar-refractivity contribution in [3.8, 4) is 0 Å². The maximum Gasteiger partial charge on any atom is 0.339 e. The van der Waals surface area contributed by atoms with Crippen molar-refractivity contribution >= 4 is 11.9 Å². The molecule has 1 saturated heterocycles. The maximum atomic E-state index is 12.6. The molecule has 5 nitrogen and oxygen atoms in total. The minimum Gasteiger partial charge on any atom is -0.445 e. The van der Waals surface area contributed by atoms with E-state index in [-0.39, 0.29) is 5.91 Å². The molecular weight excluding hydrogens is 258 g/mol. The molecule has 0 radical (unpaired) electrons. The quantitative estimate of drug-likeness (QED) is 0.718. The number of carbonyl (C=O) groups is 2. The number of fused-ring (bicyclic) bond motifs is 1. The van der Waals surface area contributed by atoms with Crippen LogP contribution >= 0.6 is 0 Å². The van der Waals surface area contributed by atoms with Crippen molar-refractivity contribution < 1.29 is 19.1 Å². The summed E-state index contributed by atoms with van der Waals surface area (Å²) in [4.78, 5) is 26.4. The minimum absolute atomic E-state index is 0.136. The lowest BCUT2D eigenvalue weighted by atomic mass is 9.89. The largest absolute Gasteiger partial charge is 0.445 e. The van der Waals surface area contributed by atoms with Crippen LogP contribution in [0.3, 0.4) is 0 Å². The Labute approximate surface area is 117 Å². The summed E-state index contributed by atoms with van der Waals surface area (Å²) in [6, 6.07) is 7.28. The Morgan fingerprint density at radius 3 is 2.70 bits per heavy atom. The molecule has 1 fully saturated rings. The van der Waals surface area contributed by atoms with Crippen LogP contribution in [-0.2, 0) is 20.7 Å². The van der Waals surface area contributed by atoms with Crippen LogP contribution in [0.4, 0.5) is 0 Å². The molecule has 0 aliphatic carbocycles. The highest BCUT2D eigenvalue weighted by Gasteiger charge is 2.44. The molecule has 1 atom stereocenters. The number of cyclic esters (lactones) is 1. The third kappa shape index (κ3) is 2.18. The fourth-order valence-corrected chi connectivity index (χ4v) is 2.75. The zero-order valence-electron chi connectivity index (χ0n) is 11.4. The summed E-state index contributed by atoms with van der Waals surface area (Å²) in [5, 5.41) is 0. The normalized spacial score (nSPS) is 25.9. The molecule has 106 valence electrons. The van der Waals surface area contributed by atoms with Gasteiger partial charge in [0.15, 0.2) is 5.60 Å². The molecule has 0 aromatic heterocycles. The molecule has 0 spiro atoms. The van der Waals surface area contributed by atoms with Crippen molar-refractivity contribution in [1.29, 1.82) is 0 Å². The van der Waals surface area contributed by atoms with Crippen LogP contribution < -0.4 is 0 Å². The zero-order valence-corrected chi connectivity index (χ0v) is 11.4. The number of hydrogen-bond donors (Lipinski definition) is 0. The standard InChI is InChI=1S/C15H17NO4/c1-15(14(18)16-6-8-19-9-7-16)10-11-4-2-3-5-12(11)13(17)20-15/h2-5H,6-10H2,1H3. The maximum absolute atomic E-state index is 12.6. The van der Waals surface area contributed by atoms with Crippen LogP contribution in [0.1, 0.15) is 22.8 Å². The highest BCUT2D eigenvalue weighted by atomic mass is 16.6. The molecule has 0 N–H and O–H groups in total. The summed E-state index contributed by atoms with van der Waals surface area (Å²) < 4.78 is 10.7. The van der Waals surface area contributed by atoms with Gasteiger partial charge in [-0.2, -0.15) is 0 Å². The van der Waals surface area contributed by atoms with Crippen LogP contribution in [0.25, 0.3) is 0 Å². The van der Waals surface area contributed by atoms with E-state index in [2.05, 4.69) is 0 Å². The number of hydrogen-bond acceptors (Lipinski definition) is 4. The Kier molecular flexibility index (Phi) is 3.22. The van der Waals surface area contributed by atoms with Crippen LogP contribution in [0.2, 0.25) is 0 Å². The van der Waals surface area contributed by atoms with Gasteiger partial charge in [-0.25, -0.2) is 4.79 Å². The third-order valence-corrected chi connectivity index (χ3v) is 3.83. The van der Waals surface area contributed by atoms with Crippen molar-refractivity contribution in [2.24, 2.45) is 0 Å². The van der Waals surface area contributed by atoms with Gasteiger partial charge in [-0.05, 0) is 18.6 Å². The molecule has 0 bridgehead atoms. The number of benzene rings is 1. The molecule has 0 saturated carbocycles. The molecule has 1 aromatic carbocycles. The molecule has 1 amide bonds. The number of amides is 1. The molecule has 5 heteroatoms. The monoisotopic (exact) mass is 275 g/mol. The number of ether oxygens (including phenoxy) is 2. The molecule has 1 aromatic rings. The van der Waals surface area contributed by atoms with Gasteiger partial charge < -0.3 is 14.4 Å². The second-order valence-corrected chi connectivity index (χ2v) is 5.36. The summed E-state index contributed by atoms with van der Waals surface area (Å²) in [5.41, 5.74) is 0.315. The molecule has 2 heterocycles. The van der Waals surface area contributed by atoms with E-state index in [0.29, 0.717) is 38.3 Å². The Morgan fingerprint density at radius 1 is 1.25 bits per heavy atom. The van der Waals surface area contributed by atoms with Gasteiger partial charge in [0.25, 0.3) is 5.91 Å². The molecule has 3 rings (SSSR count). The molecule has 1 unspecified atom stereocenters. The Hall–Kier alpha value is -1.88. The summed E-state index contributed by atoms with van der Waals surface area (Å²) >= 11 is 0. The van der Waals surface area contributed by atoms with Gasteiger partial charge in [0.1, 0.15) is 0 Å². The fourth-order valence-electron chi connectivity index (χ4n) is 2.75.